The molecule has 0 aliphatic heterocycles. The first-order valence-corrected chi connectivity index (χ1v) is 7.49. The number of nitrogens with one attached hydrogen (secondary N) is 1. The molecule has 1 nitrogen and oxygen atoms in total. The van der Waals surface area contributed by atoms with E-state index in [9.17, 15) is 0 Å². The topological polar surface area (TPSA) is 12.0 Å². The summed E-state index contributed by atoms with van der Waals surface area (Å²) in [4.78, 5) is 0. The molecule has 1 saturated carbocycles. The molecule has 0 bridgehead atoms. The molecule has 0 aromatic heterocycles. The van der Waals surface area contributed by atoms with Crippen LogP contribution < -0.4 is 5.32 Å². The van der Waals surface area contributed by atoms with Crippen LogP contribution in [0, 0.1) is 12.3 Å². The minimum absolute atomic E-state index is 0.570. The molecular weight excluding hydrogens is 242 g/mol. The zero-order chi connectivity index (χ0) is 13.0. The summed E-state index contributed by atoms with van der Waals surface area (Å²) < 4.78 is 0. The summed E-state index contributed by atoms with van der Waals surface area (Å²) in [5.41, 5.74) is 3.22. The van der Waals surface area contributed by atoms with Crippen molar-refractivity contribution < 1.29 is 0 Å². The van der Waals surface area contributed by atoms with Gasteiger partial charge in [-0.2, -0.15) is 0 Å². The molecule has 2 rings (SSSR count). The van der Waals surface area contributed by atoms with Crippen molar-refractivity contribution >= 4 is 11.6 Å². The molecule has 1 aromatic rings. The van der Waals surface area contributed by atoms with E-state index in [4.69, 9.17) is 11.6 Å². The van der Waals surface area contributed by atoms with Crippen molar-refractivity contribution in [1.82, 2.24) is 5.32 Å². The van der Waals surface area contributed by atoms with Gasteiger partial charge in [0.1, 0.15) is 0 Å². The third kappa shape index (κ3) is 3.27. The molecule has 0 saturated heterocycles. The van der Waals surface area contributed by atoms with Crippen LogP contribution in [0.1, 0.15) is 50.2 Å². The van der Waals surface area contributed by atoms with Gasteiger partial charge in [-0.25, -0.2) is 0 Å². The van der Waals surface area contributed by atoms with Gasteiger partial charge in [-0.1, -0.05) is 37.4 Å². The summed E-state index contributed by atoms with van der Waals surface area (Å²) in [5.74, 6) is 0. The molecule has 1 N–H and O–H groups in total. The van der Waals surface area contributed by atoms with Gasteiger partial charge in [0.2, 0.25) is 0 Å². The standard InChI is InChI=1S/C16H24ClN/c1-3-16(8-4-5-9-16)12-18-11-14-6-7-15(17)10-13(14)2/h6-7,10,18H,3-5,8-9,11-12H2,1-2H3. The molecule has 0 amide bonds. The zero-order valence-electron chi connectivity index (χ0n) is 11.6. The number of hydrogen-bond donors (Lipinski definition) is 1. The highest BCUT2D eigenvalue weighted by molar-refractivity contribution is 6.30. The van der Waals surface area contributed by atoms with E-state index >= 15 is 0 Å². The SMILES string of the molecule is CCC1(CNCc2ccc(Cl)cc2C)CCCC1. The highest BCUT2D eigenvalue weighted by atomic mass is 35.5. The van der Waals surface area contributed by atoms with Crippen molar-refractivity contribution in [2.24, 2.45) is 5.41 Å². The van der Waals surface area contributed by atoms with Gasteiger partial charge in [0.15, 0.2) is 0 Å². The molecule has 1 aliphatic rings. The number of hydrogen-bond acceptors (Lipinski definition) is 1. The summed E-state index contributed by atoms with van der Waals surface area (Å²) in [6, 6.07) is 6.17. The normalized spacial score (nSPS) is 18.2. The Labute approximate surface area is 116 Å². The number of rotatable bonds is 5. The maximum Gasteiger partial charge on any atom is 0.0408 e. The van der Waals surface area contributed by atoms with Crippen LogP contribution in [0.3, 0.4) is 0 Å². The predicted octanol–water partition coefficient (Wildman–Crippen LogP) is 4.71. The Bertz CT molecular complexity index is 394. The van der Waals surface area contributed by atoms with Crippen LogP contribution >= 0.6 is 11.6 Å². The number of halogens is 1. The Morgan fingerprint density at radius 2 is 2.00 bits per heavy atom. The first-order valence-electron chi connectivity index (χ1n) is 7.11. The first-order chi connectivity index (χ1) is 8.65. The fourth-order valence-corrected chi connectivity index (χ4v) is 3.33. The van der Waals surface area contributed by atoms with Crippen LogP contribution in [-0.4, -0.2) is 6.54 Å². The third-order valence-electron chi connectivity index (χ3n) is 4.53. The summed E-state index contributed by atoms with van der Waals surface area (Å²) in [7, 11) is 0. The van der Waals surface area contributed by atoms with Crippen LogP contribution in [0.2, 0.25) is 5.02 Å². The Hall–Kier alpha value is -0.530. The fourth-order valence-electron chi connectivity index (χ4n) is 3.10. The number of benzene rings is 1. The van der Waals surface area contributed by atoms with E-state index in [0.717, 1.165) is 18.1 Å². The molecule has 0 atom stereocenters. The van der Waals surface area contributed by atoms with E-state index in [1.807, 2.05) is 12.1 Å². The van der Waals surface area contributed by atoms with Crippen molar-refractivity contribution in [3.05, 3.63) is 34.3 Å². The molecule has 0 heterocycles. The van der Waals surface area contributed by atoms with Crippen LogP contribution in [0.25, 0.3) is 0 Å². The van der Waals surface area contributed by atoms with E-state index in [0.29, 0.717) is 5.41 Å². The van der Waals surface area contributed by atoms with Crippen molar-refractivity contribution in [2.45, 2.75) is 52.5 Å². The molecule has 0 radical (unpaired) electrons. The maximum absolute atomic E-state index is 5.98. The molecule has 1 fully saturated rings. The van der Waals surface area contributed by atoms with Gasteiger partial charge in [-0.05, 0) is 54.9 Å². The second-order valence-corrected chi connectivity index (χ2v) is 6.17. The van der Waals surface area contributed by atoms with E-state index < -0.39 is 0 Å². The van der Waals surface area contributed by atoms with Gasteiger partial charge in [0, 0.05) is 18.1 Å². The van der Waals surface area contributed by atoms with E-state index in [2.05, 4.69) is 25.2 Å². The van der Waals surface area contributed by atoms with E-state index in [1.54, 1.807) is 0 Å². The predicted molar refractivity (Wildman–Crippen MR) is 79.1 cm³/mol. The van der Waals surface area contributed by atoms with Gasteiger partial charge in [0.25, 0.3) is 0 Å². The lowest BCUT2D eigenvalue weighted by atomic mass is 9.83. The highest BCUT2D eigenvalue weighted by Crippen LogP contribution is 2.40. The molecule has 0 spiro atoms. The molecule has 18 heavy (non-hydrogen) atoms. The lowest BCUT2D eigenvalue weighted by Gasteiger charge is -2.28. The van der Waals surface area contributed by atoms with Gasteiger partial charge in [-0.15, -0.1) is 0 Å². The quantitative estimate of drug-likeness (QED) is 0.813. The molecular formula is C16H24ClN. The van der Waals surface area contributed by atoms with Gasteiger partial charge in [-0.3, -0.25) is 0 Å². The minimum Gasteiger partial charge on any atom is -0.312 e. The zero-order valence-corrected chi connectivity index (χ0v) is 12.3. The molecule has 0 unspecified atom stereocenters. The van der Waals surface area contributed by atoms with Crippen LogP contribution in [-0.2, 0) is 6.54 Å². The first kappa shape index (κ1) is 13.9. The monoisotopic (exact) mass is 265 g/mol. The number of aryl methyl sites for hydroxylation is 1. The Balaban J connectivity index is 1.88. The lowest BCUT2D eigenvalue weighted by Crippen LogP contribution is -2.31. The molecule has 1 aromatic carbocycles. The van der Waals surface area contributed by atoms with Gasteiger partial charge in [0.05, 0.1) is 0 Å². The van der Waals surface area contributed by atoms with Gasteiger partial charge < -0.3 is 5.32 Å². The molecule has 100 valence electrons. The van der Waals surface area contributed by atoms with Gasteiger partial charge >= 0.3 is 0 Å². The third-order valence-corrected chi connectivity index (χ3v) is 4.77. The van der Waals surface area contributed by atoms with Crippen molar-refractivity contribution in [1.29, 1.82) is 0 Å². The maximum atomic E-state index is 5.98. The van der Waals surface area contributed by atoms with E-state index in [1.165, 1.54) is 43.2 Å². The summed E-state index contributed by atoms with van der Waals surface area (Å²) in [5, 5.41) is 4.48. The molecule has 2 heteroatoms. The Morgan fingerprint density at radius 3 is 2.61 bits per heavy atom. The average Bonchev–Trinajstić information content (AvgIpc) is 2.81. The Morgan fingerprint density at radius 1 is 1.28 bits per heavy atom. The van der Waals surface area contributed by atoms with Crippen molar-refractivity contribution in [3.63, 3.8) is 0 Å². The summed E-state index contributed by atoms with van der Waals surface area (Å²) in [6.45, 7) is 6.59. The second kappa shape index (κ2) is 6.08. The molecule has 1 aliphatic carbocycles. The minimum atomic E-state index is 0.570. The van der Waals surface area contributed by atoms with Crippen LogP contribution in [0.4, 0.5) is 0 Å². The lowest BCUT2D eigenvalue weighted by molar-refractivity contribution is 0.268. The smallest absolute Gasteiger partial charge is 0.0408 e. The van der Waals surface area contributed by atoms with E-state index in [-0.39, 0.29) is 0 Å². The fraction of sp³-hybridized carbons (Fsp3) is 0.625. The average molecular weight is 266 g/mol. The summed E-state index contributed by atoms with van der Waals surface area (Å²) in [6.07, 6.45) is 6.93. The van der Waals surface area contributed by atoms with Crippen LogP contribution in [0.15, 0.2) is 18.2 Å². The second-order valence-electron chi connectivity index (χ2n) is 5.74. The largest absolute Gasteiger partial charge is 0.312 e. The summed E-state index contributed by atoms with van der Waals surface area (Å²) >= 11 is 5.98. The van der Waals surface area contributed by atoms with Crippen molar-refractivity contribution in [2.75, 3.05) is 6.54 Å². The van der Waals surface area contributed by atoms with Crippen LogP contribution in [0.5, 0.6) is 0 Å². The Kier molecular flexibility index (Phi) is 4.69. The highest BCUT2D eigenvalue weighted by Gasteiger charge is 2.31. The van der Waals surface area contributed by atoms with Crippen molar-refractivity contribution in [3.8, 4) is 0 Å².